The second kappa shape index (κ2) is 7.13. The van der Waals surface area contributed by atoms with Crippen molar-refractivity contribution >= 4 is 11.9 Å². The largest absolute Gasteiger partial charge is 0.496 e. The van der Waals surface area contributed by atoms with Gasteiger partial charge in [-0.1, -0.05) is 24.3 Å². The molecule has 4 rings (SSSR count). The molecule has 3 aromatic rings. The topological polar surface area (TPSA) is 119 Å². The van der Waals surface area contributed by atoms with Crippen molar-refractivity contribution in [3.05, 3.63) is 70.9 Å². The zero-order valence-electron chi connectivity index (χ0n) is 15.9. The number of aromatic nitrogens is 3. The number of para-hydroxylation sites is 1. The van der Waals surface area contributed by atoms with E-state index in [1.165, 1.54) is 0 Å². The van der Waals surface area contributed by atoms with Gasteiger partial charge in [-0.25, -0.2) is 4.68 Å². The quantitative estimate of drug-likeness (QED) is 0.711. The smallest absolute Gasteiger partial charge is 0.248 e. The Morgan fingerprint density at radius 1 is 1.24 bits per heavy atom. The number of carbonyl (C=O) groups is 1. The summed E-state index contributed by atoms with van der Waals surface area (Å²) in [4.78, 5) is 16.9. The van der Waals surface area contributed by atoms with Gasteiger partial charge in [0.2, 0.25) is 11.9 Å². The molecule has 1 aliphatic rings. The molecule has 0 saturated carbocycles. The normalized spacial score (nSPS) is 15.3. The van der Waals surface area contributed by atoms with Crippen LogP contribution in [-0.4, -0.2) is 27.8 Å². The van der Waals surface area contributed by atoms with E-state index in [1.54, 1.807) is 43.0 Å². The van der Waals surface area contributed by atoms with Gasteiger partial charge < -0.3 is 15.8 Å². The van der Waals surface area contributed by atoms with Gasteiger partial charge in [0.15, 0.2) is 5.82 Å². The van der Waals surface area contributed by atoms with Crippen molar-refractivity contribution in [1.82, 2.24) is 14.8 Å². The van der Waals surface area contributed by atoms with Crippen molar-refractivity contribution < 1.29 is 9.53 Å². The molecule has 1 amide bonds. The van der Waals surface area contributed by atoms with Gasteiger partial charge in [-0.05, 0) is 36.8 Å². The van der Waals surface area contributed by atoms with Crippen molar-refractivity contribution in [3.63, 3.8) is 0 Å². The van der Waals surface area contributed by atoms with Gasteiger partial charge >= 0.3 is 0 Å². The van der Waals surface area contributed by atoms with Crippen LogP contribution in [0, 0.1) is 11.3 Å². The van der Waals surface area contributed by atoms with E-state index in [9.17, 15) is 4.79 Å². The summed E-state index contributed by atoms with van der Waals surface area (Å²) in [7, 11) is 1.59. The fraction of sp³-hybridized carbons (Fsp3) is 0.143. The number of nitriles is 1. The number of carbonyl (C=O) groups excluding carboxylic acids is 1. The summed E-state index contributed by atoms with van der Waals surface area (Å²) in [6.07, 6.45) is 0. The van der Waals surface area contributed by atoms with Gasteiger partial charge in [0.25, 0.3) is 0 Å². The summed E-state index contributed by atoms with van der Waals surface area (Å²) >= 11 is 0. The molecule has 144 valence electrons. The number of hydrogen-bond acceptors (Lipinski definition) is 6. The van der Waals surface area contributed by atoms with Crippen LogP contribution in [0.1, 0.15) is 24.1 Å². The molecule has 1 atom stereocenters. The number of nitrogens with two attached hydrogens (primary N) is 1. The van der Waals surface area contributed by atoms with Gasteiger partial charge in [-0.3, -0.25) is 4.79 Å². The number of nitrogens with zero attached hydrogens (tertiary/aromatic N) is 4. The lowest BCUT2D eigenvalue weighted by Crippen LogP contribution is -2.31. The van der Waals surface area contributed by atoms with Crippen LogP contribution < -0.4 is 15.8 Å². The summed E-state index contributed by atoms with van der Waals surface area (Å²) in [5.74, 6) is 1.04. The molecule has 0 bridgehead atoms. The monoisotopic (exact) mass is 386 g/mol. The summed E-state index contributed by atoms with van der Waals surface area (Å²) in [5.41, 5.74) is 8.72. The third-order valence-corrected chi connectivity index (χ3v) is 4.82. The third-order valence-electron chi connectivity index (χ3n) is 4.82. The number of hydrogen-bond donors (Lipinski definition) is 2. The average molecular weight is 386 g/mol. The van der Waals surface area contributed by atoms with Crippen molar-refractivity contribution in [2.24, 2.45) is 5.73 Å². The van der Waals surface area contributed by atoms with E-state index in [0.29, 0.717) is 34.4 Å². The Kier molecular flexibility index (Phi) is 4.49. The number of primary amides is 1. The van der Waals surface area contributed by atoms with Crippen molar-refractivity contribution in [1.29, 1.82) is 5.26 Å². The molecule has 29 heavy (non-hydrogen) atoms. The first kappa shape index (κ1) is 18.3. The molecule has 2 aromatic carbocycles. The number of fused-ring (bicyclic) bond motifs is 1. The molecule has 0 saturated heterocycles. The lowest BCUT2D eigenvalue weighted by atomic mass is 9.95. The van der Waals surface area contributed by atoms with Gasteiger partial charge in [0.05, 0.1) is 29.9 Å². The van der Waals surface area contributed by atoms with Crippen LogP contribution in [0.3, 0.4) is 0 Å². The molecule has 1 unspecified atom stereocenters. The summed E-state index contributed by atoms with van der Waals surface area (Å²) in [5, 5.41) is 16.8. The minimum Gasteiger partial charge on any atom is -0.496 e. The highest BCUT2D eigenvalue weighted by Gasteiger charge is 2.33. The fourth-order valence-electron chi connectivity index (χ4n) is 3.46. The van der Waals surface area contributed by atoms with E-state index in [4.69, 9.17) is 15.7 Å². The standard InChI is InChI=1S/C21H18N6O2/c1-12-17(19(23)28)18(14-9-7-13(11-22)8-10-14)27-21(24-12)25-20(26-27)15-5-3-4-6-16(15)29-2/h3-10,18H,1-2H3,(H2,23,28)(H,24,25,26). The zero-order valence-corrected chi connectivity index (χ0v) is 15.9. The Balaban J connectivity index is 1.88. The van der Waals surface area contributed by atoms with Crippen molar-refractivity contribution in [2.45, 2.75) is 13.0 Å². The number of methoxy groups -OCH3 is 1. The summed E-state index contributed by atoms with van der Waals surface area (Å²) in [6, 6.07) is 16.0. The number of rotatable bonds is 4. The first-order valence-corrected chi connectivity index (χ1v) is 8.91. The number of anilines is 1. The first-order chi connectivity index (χ1) is 14.0. The number of nitrogens with one attached hydrogen (secondary N) is 1. The molecule has 8 heteroatoms. The molecule has 0 aliphatic carbocycles. The highest BCUT2D eigenvalue weighted by molar-refractivity contribution is 5.95. The van der Waals surface area contributed by atoms with Crippen LogP contribution in [0.4, 0.5) is 5.95 Å². The predicted octanol–water partition coefficient (Wildman–Crippen LogP) is 2.60. The Hall–Kier alpha value is -4.12. The molecule has 0 radical (unpaired) electrons. The highest BCUT2D eigenvalue weighted by atomic mass is 16.5. The van der Waals surface area contributed by atoms with Gasteiger partial charge in [0.1, 0.15) is 11.8 Å². The minimum atomic E-state index is -0.563. The molecule has 2 heterocycles. The SMILES string of the molecule is COc1ccccc1-c1nc2n(n1)C(c1ccc(C#N)cc1)C(C(N)=O)=C(C)N2. The maximum Gasteiger partial charge on any atom is 0.248 e. The van der Waals surface area contributed by atoms with E-state index in [0.717, 1.165) is 11.1 Å². The molecule has 1 aliphatic heterocycles. The van der Waals surface area contributed by atoms with Crippen LogP contribution in [0.2, 0.25) is 0 Å². The maximum atomic E-state index is 12.2. The zero-order chi connectivity index (χ0) is 20.5. The second-order valence-corrected chi connectivity index (χ2v) is 6.57. The molecule has 3 N–H and O–H groups in total. The van der Waals surface area contributed by atoms with E-state index < -0.39 is 11.9 Å². The van der Waals surface area contributed by atoms with E-state index in [1.807, 2.05) is 24.3 Å². The van der Waals surface area contributed by atoms with Crippen LogP contribution in [0.15, 0.2) is 59.8 Å². The molecule has 0 spiro atoms. The maximum absolute atomic E-state index is 12.2. The second-order valence-electron chi connectivity index (χ2n) is 6.57. The lowest BCUT2D eigenvalue weighted by Gasteiger charge is -2.27. The summed E-state index contributed by atoms with van der Waals surface area (Å²) < 4.78 is 7.06. The van der Waals surface area contributed by atoms with Gasteiger partial charge in [-0.2, -0.15) is 10.2 Å². The minimum absolute atomic E-state index is 0.388. The number of ether oxygens (including phenoxy) is 1. The summed E-state index contributed by atoms with van der Waals surface area (Å²) in [6.45, 7) is 1.78. The number of benzene rings is 2. The van der Waals surface area contributed by atoms with Crippen molar-refractivity contribution in [2.75, 3.05) is 12.4 Å². The molecule has 0 fully saturated rings. The van der Waals surface area contributed by atoms with Crippen LogP contribution in [0.25, 0.3) is 11.4 Å². The van der Waals surface area contributed by atoms with Crippen LogP contribution in [0.5, 0.6) is 5.75 Å². The number of amides is 1. The average Bonchev–Trinajstić information content (AvgIpc) is 3.16. The predicted molar refractivity (Wildman–Crippen MR) is 107 cm³/mol. The van der Waals surface area contributed by atoms with Crippen molar-refractivity contribution in [3.8, 4) is 23.2 Å². The van der Waals surface area contributed by atoms with E-state index >= 15 is 0 Å². The Labute approximate surface area is 167 Å². The fourth-order valence-corrected chi connectivity index (χ4v) is 3.46. The Bertz CT molecular complexity index is 1170. The molecular weight excluding hydrogens is 368 g/mol. The van der Waals surface area contributed by atoms with Gasteiger partial charge in [-0.15, -0.1) is 5.10 Å². The highest BCUT2D eigenvalue weighted by Crippen LogP contribution is 2.37. The molecule has 8 nitrogen and oxygen atoms in total. The van der Waals surface area contributed by atoms with Crippen LogP contribution in [-0.2, 0) is 4.79 Å². The number of allylic oxidation sites excluding steroid dienone is 1. The Morgan fingerprint density at radius 2 is 1.97 bits per heavy atom. The third kappa shape index (κ3) is 3.08. The molecule has 1 aromatic heterocycles. The first-order valence-electron chi connectivity index (χ1n) is 8.91. The van der Waals surface area contributed by atoms with Crippen LogP contribution >= 0.6 is 0 Å². The van der Waals surface area contributed by atoms with Gasteiger partial charge in [0, 0.05) is 5.70 Å². The van der Waals surface area contributed by atoms with E-state index in [-0.39, 0.29) is 0 Å². The van der Waals surface area contributed by atoms with E-state index in [2.05, 4.69) is 21.5 Å². The Morgan fingerprint density at radius 3 is 2.62 bits per heavy atom. The lowest BCUT2D eigenvalue weighted by molar-refractivity contribution is -0.115. The molecular formula is C21H18N6O2.